The molecule has 0 saturated heterocycles. The van der Waals surface area contributed by atoms with Gasteiger partial charge in [0.05, 0.1) is 11.4 Å². The number of hydrogen-bond donors (Lipinski definition) is 2. The van der Waals surface area contributed by atoms with Crippen LogP contribution in [0.15, 0.2) is 54.9 Å². The lowest BCUT2D eigenvalue weighted by atomic mass is 9.88. The fraction of sp³-hybridized carbons (Fsp3) is 0.182. The van der Waals surface area contributed by atoms with E-state index in [9.17, 15) is 4.79 Å². The molecule has 1 aliphatic rings. The number of rotatable bonds is 3. The van der Waals surface area contributed by atoms with Crippen LogP contribution in [0.4, 0.5) is 5.82 Å². The third-order valence-electron chi connectivity index (χ3n) is 5.57. The minimum Gasteiger partial charge on any atom is -0.383 e. The van der Waals surface area contributed by atoms with Gasteiger partial charge in [-0.2, -0.15) is 5.10 Å². The maximum absolute atomic E-state index is 11.7. The summed E-state index contributed by atoms with van der Waals surface area (Å²) in [5, 5.41) is 5.62. The van der Waals surface area contributed by atoms with Gasteiger partial charge in [0, 0.05) is 11.1 Å². The molecular formula is C22H20N6O. The van der Waals surface area contributed by atoms with Gasteiger partial charge >= 0.3 is 0 Å². The van der Waals surface area contributed by atoms with Crippen molar-refractivity contribution in [1.29, 1.82) is 0 Å². The zero-order chi connectivity index (χ0) is 20.0. The standard InChI is InChI=1S/C22H20N6O/c23-20-18-19(14-7-3-8-15(11-14)21(24)29)27-28(22(18)26-12-25-20)17-10-4-6-13-5-1-2-9-16(13)17/h1-3,5,7-9,11-12,17H,4,6,10H2,(H2,24,29)(H2,23,25,26). The van der Waals surface area contributed by atoms with Crippen molar-refractivity contribution in [2.24, 2.45) is 5.73 Å². The van der Waals surface area contributed by atoms with Crippen molar-refractivity contribution in [3.63, 3.8) is 0 Å². The Hall–Kier alpha value is -3.74. The van der Waals surface area contributed by atoms with Crippen LogP contribution in [0.25, 0.3) is 22.3 Å². The van der Waals surface area contributed by atoms with Crippen LogP contribution in [0.1, 0.15) is 40.4 Å². The second-order valence-electron chi connectivity index (χ2n) is 7.30. The molecule has 4 N–H and O–H groups in total. The van der Waals surface area contributed by atoms with E-state index in [0.717, 1.165) is 24.8 Å². The van der Waals surface area contributed by atoms with Crippen molar-refractivity contribution >= 4 is 22.8 Å². The largest absolute Gasteiger partial charge is 0.383 e. The molecule has 1 unspecified atom stereocenters. The van der Waals surface area contributed by atoms with E-state index in [-0.39, 0.29) is 6.04 Å². The summed E-state index contributed by atoms with van der Waals surface area (Å²) in [4.78, 5) is 20.3. The predicted molar refractivity (Wildman–Crippen MR) is 111 cm³/mol. The average molecular weight is 384 g/mol. The highest BCUT2D eigenvalue weighted by Crippen LogP contribution is 2.37. The summed E-state index contributed by atoms with van der Waals surface area (Å²) in [5.41, 5.74) is 16.8. The van der Waals surface area contributed by atoms with Crippen LogP contribution in [0.3, 0.4) is 0 Å². The molecule has 2 heterocycles. The maximum atomic E-state index is 11.7. The van der Waals surface area contributed by atoms with E-state index < -0.39 is 5.91 Å². The number of aryl methyl sites for hydroxylation is 1. The third-order valence-corrected chi connectivity index (χ3v) is 5.57. The minimum atomic E-state index is -0.485. The molecule has 5 rings (SSSR count). The van der Waals surface area contributed by atoms with Crippen LogP contribution in [-0.4, -0.2) is 25.7 Å². The lowest BCUT2D eigenvalue weighted by Crippen LogP contribution is -2.18. The number of carbonyl (C=O) groups is 1. The van der Waals surface area contributed by atoms with Crippen LogP contribution in [0, 0.1) is 0 Å². The fourth-order valence-corrected chi connectivity index (χ4v) is 4.22. The molecule has 0 radical (unpaired) electrons. The first-order valence-electron chi connectivity index (χ1n) is 9.60. The van der Waals surface area contributed by atoms with Gasteiger partial charge in [-0.15, -0.1) is 0 Å². The Morgan fingerprint density at radius 3 is 2.83 bits per heavy atom. The Morgan fingerprint density at radius 1 is 1.10 bits per heavy atom. The van der Waals surface area contributed by atoms with E-state index in [2.05, 4.69) is 34.2 Å². The van der Waals surface area contributed by atoms with Crippen LogP contribution in [0.5, 0.6) is 0 Å². The minimum absolute atomic E-state index is 0.0739. The van der Waals surface area contributed by atoms with Gasteiger partial charge in [-0.05, 0) is 42.5 Å². The van der Waals surface area contributed by atoms with E-state index in [1.807, 2.05) is 10.7 Å². The molecular weight excluding hydrogens is 364 g/mol. The SMILES string of the molecule is NC(=O)c1cccc(-c2nn(C3CCCc4ccccc43)c3ncnc(N)c23)c1. The first kappa shape index (κ1) is 17.4. The van der Waals surface area contributed by atoms with Gasteiger partial charge in [-0.3, -0.25) is 4.79 Å². The molecule has 0 spiro atoms. The maximum Gasteiger partial charge on any atom is 0.248 e. The highest BCUT2D eigenvalue weighted by molar-refractivity contribution is 6.00. The molecule has 1 atom stereocenters. The molecule has 7 nitrogen and oxygen atoms in total. The Morgan fingerprint density at radius 2 is 1.97 bits per heavy atom. The summed E-state index contributed by atoms with van der Waals surface area (Å²) in [6, 6.07) is 15.6. The average Bonchev–Trinajstić information content (AvgIpc) is 3.14. The lowest BCUT2D eigenvalue weighted by Gasteiger charge is -2.26. The molecule has 1 aliphatic carbocycles. The van der Waals surface area contributed by atoms with E-state index in [4.69, 9.17) is 16.6 Å². The van der Waals surface area contributed by atoms with Gasteiger partial charge in [0.1, 0.15) is 17.8 Å². The van der Waals surface area contributed by atoms with Crippen molar-refractivity contribution in [2.45, 2.75) is 25.3 Å². The zero-order valence-corrected chi connectivity index (χ0v) is 15.7. The van der Waals surface area contributed by atoms with Crippen molar-refractivity contribution in [3.8, 4) is 11.3 Å². The monoisotopic (exact) mass is 384 g/mol. The molecule has 0 bridgehead atoms. The highest BCUT2D eigenvalue weighted by Gasteiger charge is 2.27. The quantitative estimate of drug-likeness (QED) is 0.563. The van der Waals surface area contributed by atoms with E-state index in [1.165, 1.54) is 17.5 Å². The summed E-state index contributed by atoms with van der Waals surface area (Å²) < 4.78 is 1.96. The Bertz CT molecular complexity index is 1250. The molecule has 1 amide bonds. The van der Waals surface area contributed by atoms with Crippen LogP contribution in [-0.2, 0) is 6.42 Å². The third kappa shape index (κ3) is 2.82. The number of nitrogens with zero attached hydrogens (tertiary/aromatic N) is 4. The summed E-state index contributed by atoms with van der Waals surface area (Å²) in [6.07, 6.45) is 4.58. The zero-order valence-electron chi connectivity index (χ0n) is 15.7. The molecule has 0 aliphatic heterocycles. The number of benzene rings is 2. The van der Waals surface area contributed by atoms with E-state index in [1.54, 1.807) is 18.2 Å². The molecule has 0 saturated carbocycles. The summed E-state index contributed by atoms with van der Waals surface area (Å²) >= 11 is 0. The number of aromatic nitrogens is 4. The molecule has 144 valence electrons. The first-order chi connectivity index (χ1) is 14.1. The molecule has 2 aromatic heterocycles. The number of carbonyl (C=O) groups excluding carboxylic acids is 1. The van der Waals surface area contributed by atoms with E-state index >= 15 is 0 Å². The van der Waals surface area contributed by atoms with E-state index in [0.29, 0.717) is 28.1 Å². The van der Waals surface area contributed by atoms with Gasteiger partial charge in [0.25, 0.3) is 0 Å². The number of nitrogens with two attached hydrogens (primary N) is 2. The molecule has 7 heteroatoms. The number of primary amides is 1. The lowest BCUT2D eigenvalue weighted by molar-refractivity contribution is 0.100. The number of fused-ring (bicyclic) bond motifs is 2. The molecule has 0 fully saturated rings. The predicted octanol–water partition coefficient (Wildman–Crippen LogP) is 3.10. The summed E-state index contributed by atoms with van der Waals surface area (Å²) in [5.74, 6) is -0.120. The van der Waals surface area contributed by atoms with Gasteiger partial charge in [0.15, 0.2) is 5.65 Å². The number of amides is 1. The van der Waals surface area contributed by atoms with Gasteiger partial charge < -0.3 is 11.5 Å². The number of nitrogen functional groups attached to an aromatic ring is 1. The first-order valence-corrected chi connectivity index (χ1v) is 9.60. The second-order valence-corrected chi connectivity index (χ2v) is 7.30. The van der Waals surface area contributed by atoms with Crippen molar-refractivity contribution < 1.29 is 4.79 Å². The number of anilines is 1. The smallest absolute Gasteiger partial charge is 0.248 e. The van der Waals surface area contributed by atoms with Gasteiger partial charge in [0.2, 0.25) is 5.91 Å². The molecule has 29 heavy (non-hydrogen) atoms. The van der Waals surface area contributed by atoms with Crippen molar-refractivity contribution in [3.05, 3.63) is 71.5 Å². The van der Waals surface area contributed by atoms with Gasteiger partial charge in [-0.1, -0.05) is 36.4 Å². The Balaban J connectivity index is 1.75. The second kappa shape index (κ2) is 6.70. The highest BCUT2D eigenvalue weighted by atomic mass is 16.1. The Kier molecular flexibility index (Phi) is 4.01. The topological polar surface area (TPSA) is 113 Å². The summed E-state index contributed by atoms with van der Waals surface area (Å²) in [7, 11) is 0. The van der Waals surface area contributed by atoms with Crippen molar-refractivity contribution in [2.75, 3.05) is 5.73 Å². The van der Waals surface area contributed by atoms with Gasteiger partial charge in [-0.25, -0.2) is 14.6 Å². The number of hydrogen-bond acceptors (Lipinski definition) is 5. The molecule has 2 aromatic carbocycles. The van der Waals surface area contributed by atoms with Crippen molar-refractivity contribution in [1.82, 2.24) is 19.7 Å². The molecule has 4 aromatic rings. The Labute approximate surface area is 167 Å². The van der Waals surface area contributed by atoms with Crippen LogP contribution < -0.4 is 11.5 Å². The summed E-state index contributed by atoms with van der Waals surface area (Å²) in [6.45, 7) is 0. The van der Waals surface area contributed by atoms with Crippen LogP contribution in [0.2, 0.25) is 0 Å². The normalized spacial score (nSPS) is 15.9. The van der Waals surface area contributed by atoms with Crippen LogP contribution >= 0.6 is 0 Å². The fourth-order valence-electron chi connectivity index (χ4n) is 4.22.